The molecule has 34 heavy (non-hydrogen) atoms. The van der Waals surface area contributed by atoms with Crippen molar-refractivity contribution in [3.63, 3.8) is 0 Å². The van der Waals surface area contributed by atoms with Crippen LogP contribution >= 0.6 is 0 Å². The molecule has 4 rings (SSSR count). The Labute approximate surface area is 202 Å². The SMILES string of the molecule is C[C@H]1CCCN(S(=O)(=O)c2ccc(N3CCC(C(=O)N4CCCCCC4)CC3)c([N+](=O)[O-])c2)C1. The molecule has 0 spiro atoms. The molecule has 0 aliphatic carbocycles. The van der Waals surface area contributed by atoms with E-state index in [1.165, 1.54) is 29.3 Å². The molecule has 3 aliphatic rings. The first kappa shape index (κ1) is 24.9. The summed E-state index contributed by atoms with van der Waals surface area (Å²) >= 11 is 0. The second kappa shape index (κ2) is 10.6. The van der Waals surface area contributed by atoms with Crippen molar-refractivity contribution in [1.82, 2.24) is 9.21 Å². The van der Waals surface area contributed by atoms with Crippen molar-refractivity contribution in [2.75, 3.05) is 44.2 Å². The number of sulfonamides is 1. The maximum Gasteiger partial charge on any atom is 0.293 e. The highest BCUT2D eigenvalue weighted by Crippen LogP contribution is 2.35. The van der Waals surface area contributed by atoms with E-state index in [0.29, 0.717) is 44.7 Å². The third kappa shape index (κ3) is 5.38. The lowest BCUT2D eigenvalue weighted by Gasteiger charge is -2.35. The first-order valence-electron chi connectivity index (χ1n) is 12.6. The lowest BCUT2D eigenvalue weighted by atomic mass is 9.94. The summed E-state index contributed by atoms with van der Waals surface area (Å²) in [5.41, 5.74) is 0.236. The molecule has 0 radical (unpaired) electrons. The lowest BCUT2D eigenvalue weighted by Crippen LogP contribution is -2.43. The average molecular weight is 493 g/mol. The molecular formula is C24H36N4O5S. The van der Waals surface area contributed by atoms with Gasteiger partial charge < -0.3 is 9.80 Å². The minimum Gasteiger partial charge on any atom is -0.366 e. The van der Waals surface area contributed by atoms with E-state index in [-0.39, 0.29) is 28.3 Å². The zero-order chi connectivity index (χ0) is 24.3. The van der Waals surface area contributed by atoms with Gasteiger partial charge in [0.25, 0.3) is 5.69 Å². The third-order valence-electron chi connectivity index (χ3n) is 7.50. The van der Waals surface area contributed by atoms with Crippen LogP contribution in [-0.4, -0.2) is 67.7 Å². The normalized spacial score (nSPS) is 23.5. The Morgan fingerprint density at radius 1 is 0.971 bits per heavy atom. The van der Waals surface area contributed by atoms with Crippen LogP contribution in [0.4, 0.5) is 11.4 Å². The van der Waals surface area contributed by atoms with Crippen molar-refractivity contribution in [2.45, 2.75) is 63.2 Å². The molecular weight excluding hydrogens is 456 g/mol. The molecule has 0 aromatic heterocycles. The van der Waals surface area contributed by atoms with E-state index in [1.807, 2.05) is 16.7 Å². The maximum atomic E-state index is 13.1. The number of benzene rings is 1. The van der Waals surface area contributed by atoms with E-state index in [9.17, 15) is 23.3 Å². The number of rotatable bonds is 5. The molecule has 3 aliphatic heterocycles. The minimum atomic E-state index is -3.77. The molecule has 9 nitrogen and oxygen atoms in total. The van der Waals surface area contributed by atoms with Crippen LogP contribution in [-0.2, 0) is 14.8 Å². The van der Waals surface area contributed by atoms with E-state index in [1.54, 1.807) is 6.07 Å². The molecule has 3 fully saturated rings. The summed E-state index contributed by atoms with van der Waals surface area (Å²) in [5.74, 6) is 0.443. The van der Waals surface area contributed by atoms with E-state index in [2.05, 4.69) is 0 Å². The number of carbonyl (C=O) groups is 1. The average Bonchev–Trinajstić information content (AvgIpc) is 3.13. The molecule has 10 heteroatoms. The highest BCUT2D eigenvalue weighted by molar-refractivity contribution is 7.89. The van der Waals surface area contributed by atoms with Crippen LogP contribution in [0.15, 0.2) is 23.1 Å². The summed E-state index contributed by atoms with van der Waals surface area (Å²) < 4.78 is 27.7. The van der Waals surface area contributed by atoms with Crippen molar-refractivity contribution < 1.29 is 18.1 Å². The fourth-order valence-electron chi connectivity index (χ4n) is 5.51. The van der Waals surface area contributed by atoms with Crippen LogP contribution in [0.2, 0.25) is 0 Å². The van der Waals surface area contributed by atoms with E-state index >= 15 is 0 Å². The van der Waals surface area contributed by atoms with E-state index < -0.39 is 14.9 Å². The van der Waals surface area contributed by atoms with Gasteiger partial charge in [-0.3, -0.25) is 14.9 Å². The fourth-order valence-corrected chi connectivity index (χ4v) is 7.13. The molecule has 1 atom stereocenters. The van der Waals surface area contributed by atoms with Gasteiger partial charge in [-0.25, -0.2) is 8.42 Å². The van der Waals surface area contributed by atoms with Gasteiger partial charge in [0.05, 0.1) is 9.82 Å². The molecule has 0 bridgehead atoms. The van der Waals surface area contributed by atoms with Gasteiger partial charge in [-0.2, -0.15) is 4.31 Å². The summed E-state index contributed by atoms with van der Waals surface area (Å²) in [6, 6.07) is 4.26. The van der Waals surface area contributed by atoms with Gasteiger partial charge in [-0.1, -0.05) is 19.8 Å². The molecule has 1 amide bonds. The Morgan fingerprint density at radius 3 is 2.26 bits per heavy atom. The number of nitrogens with zero attached hydrogens (tertiary/aromatic N) is 4. The van der Waals surface area contributed by atoms with Crippen LogP contribution in [0.25, 0.3) is 0 Å². The second-order valence-electron chi connectivity index (χ2n) is 10.0. The summed E-state index contributed by atoms with van der Waals surface area (Å²) in [4.78, 5) is 28.3. The zero-order valence-electron chi connectivity index (χ0n) is 20.0. The minimum absolute atomic E-state index is 0.0247. The molecule has 1 aromatic rings. The monoisotopic (exact) mass is 492 g/mol. The van der Waals surface area contributed by atoms with E-state index in [4.69, 9.17) is 0 Å². The predicted molar refractivity (Wildman–Crippen MR) is 130 cm³/mol. The highest BCUT2D eigenvalue weighted by atomic mass is 32.2. The Balaban J connectivity index is 1.47. The van der Waals surface area contributed by atoms with Crippen molar-refractivity contribution >= 4 is 27.3 Å². The van der Waals surface area contributed by atoms with Crippen LogP contribution < -0.4 is 4.90 Å². The summed E-state index contributed by atoms with van der Waals surface area (Å²) in [6.07, 6.45) is 7.55. The van der Waals surface area contributed by atoms with E-state index in [0.717, 1.165) is 38.8 Å². The maximum absolute atomic E-state index is 13.1. The Morgan fingerprint density at radius 2 is 1.65 bits per heavy atom. The summed E-state index contributed by atoms with van der Waals surface area (Å²) in [7, 11) is -3.77. The molecule has 0 N–H and O–H groups in total. The first-order chi connectivity index (χ1) is 16.3. The summed E-state index contributed by atoms with van der Waals surface area (Å²) in [5, 5.41) is 11.9. The summed E-state index contributed by atoms with van der Waals surface area (Å²) in [6.45, 7) is 5.65. The molecule has 3 saturated heterocycles. The number of anilines is 1. The third-order valence-corrected chi connectivity index (χ3v) is 9.36. The number of hydrogen-bond donors (Lipinski definition) is 0. The van der Waals surface area contributed by atoms with Gasteiger partial charge in [-0.05, 0) is 56.6 Å². The largest absolute Gasteiger partial charge is 0.366 e. The van der Waals surface area contributed by atoms with Gasteiger partial charge in [0.1, 0.15) is 5.69 Å². The Kier molecular flexibility index (Phi) is 7.77. The van der Waals surface area contributed by atoms with Gasteiger partial charge in [0, 0.05) is 51.3 Å². The van der Waals surface area contributed by atoms with Crippen LogP contribution in [0, 0.1) is 22.0 Å². The molecule has 0 saturated carbocycles. The number of hydrogen-bond acceptors (Lipinski definition) is 6. The van der Waals surface area contributed by atoms with Gasteiger partial charge in [0.2, 0.25) is 15.9 Å². The van der Waals surface area contributed by atoms with Gasteiger partial charge in [0.15, 0.2) is 0 Å². The molecule has 188 valence electrons. The number of nitro groups is 1. The second-order valence-corrected chi connectivity index (χ2v) is 12.0. The molecule has 1 aromatic carbocycles. The molecule has 0 unspecified atom stereocenters. The highest BCUT2D eigenvalue weighted by Gasteiger charge is 2.34. The number of likely N-dealkylation sites (tertiary alicyclic amines) is 1. The number of amides is 1. The number of carbonyl (C=O) groups excluding carboxylic acids is 1. The quantitative estimate of drug-likeness (QED) is 0.459. The smallest absolute Gasteiger partial charge is 0.293 e. The van der Waals surface area contributed by atoms with Crippen molar-refractivity contribution in [2.24, 2.45) is 11.8 Å². The first-order valence-corrected chi connectivity index (χ1v) is 14.0. The predicted octanol–water partition coefficient (Wildman–Crippen LogP) is 3.63. The van der Waals surface area contributed by atoms with Crippen molar-refractivity contribution in [3.8, 4) is 0 Å². The molecule has 3 heterocycles. The van der Waals surface area contributed by atoms with Crippen LogP contribution in [0.5, 0.6) is 0 Å². The Hall–Kier alpha value is -2.20. The fraction of sp³-hybridized carbons (Fsp3) is 0.708. The number of piperidine rings is 2. The van der Waals surface area contributed by atoms with Crippen LogP contribution in [0.1, 0.15) is 58.3 Å². The standard InChI is InChI=1S/C24H36N4O5S/c1-19-7-6-14-27(18-19)34(32,33)21-8-9-22(23(17-21)28(30)31)25-15-10-20(11-16-25)24(29)26-12-4-2-3-5-13-26/h8-9,17,19-20H,2-7,10-16,18H2,1H3/t19-/m0/s1. The van der Waals surface area contributed by atoms with Gasteiger partial charge >= 0.3 is 0 Å². The van der Waals surface area contributed by atoms with Gasteiger partial charge in [-0.15, -0.1) is 0 Å². The number of nitro benzene ring substituents is 1. The zero-order valence-corrected chi connectivity index (χ0v) is 20.8. The van der Waals surface area contributed by atoms with Crippen LogP contribution in [0.3, 0.4) is 0 Å². The van der Waals surface area contributed by atoms with Crippen molar-refractivity contribution in [1.29, 1.82) is 0 Å². The Bertz CT molecular complexity index is 999. The topological polar surface area (TPSA) is 104 Å². The van der Waals surface area contributed by atoms with Crippen molar-refractivity contribution in [3.05, 3.63) is 28.3 Å². The lowest BCUT2D eigenvalue weighted by molar-refractivity contribution is -0.384.